The number of alkyl halides is 1. The van der Waals surface area contributed by atoms with E-state index < -0.39 is 0 Å². The summed E-state index contributed by atoms with van der Waals surface area (Å²) >= 11 is 5.61. The van der Waals surface area contributed by atoms with Crippen LogP contribution in [0.2, 0.25) is 0 Å². The predicted molar refractivity (Wildman–Crippen MR) is 50.6 cm³/mol. The van der Waals surface area contributed by atoms with Gasteiger partial charge >= 0.3 is 0 Å². The van der Waals surface area contributed by atoms with Crippen molar-refractivity contribution in [2.24, 2.45) is 0 Å². The van der Waals surface area contributed by atoms with E-state index in [9.17, 15) is 0 Å². The standard InChI is InChI=1S/C7H10ClN5/c8-4-5-10-6(9)12-7(11-5)13-2-1-3-13/h1-4H2,(H2,9,10,11,12). The van der Waals surface area contributed by atoms with E-state index in [-0.39, 0.29) is 11.8 Å². The van der Waals surface area contributed by atoms with Gasteiger partial charge in [-0.2, -0.15) is 15.0 Å². The minimum absolute atomic E-state index is 0.243. The van der Waals surface area contributed by atoms with Gasteiger partial charge in [-0.15, -0.1) is 11.6 Å². The largest absolute Gasteiger partial charge is 0.368 e. The second kappa shape index (κ2) is 3.33. The molecule has 0 unspecified atom stereocenters. The number of hydrogen-bond acceptors (Lipinski definition) is 5. The minimum atomic E-state index is 0.243. The molecular weight excluding hydrogens is 190 g/mol. The summed E-state index contributed by atoms with van der Waals surface area (Å²) < 4.78 is 0. The molecule has 1 aliphatic heterocycles. The summed E-state index contributed by atoms with van der Waals surface area (Å²) in [4.78, 5) is 14.1. The van der Waals surface area contributed by atoms with Crippen molar-refractivity contribution in [3.05, 3.63) is 5.82 Å². The molecule has 0 saturated carbocycles. The van der Waals surface area contributed by atoms with Crippen LogP contribution < -0.4 is 10.6 Å². The zero-order valence-electron chi connectivity index (χ0n) is 7.07. The summed E-state index contributed by atoms with van der Waals surface area (Å²) in [5.74, 6) is 1.70. The van der Waals surface area contributed by atoms with Crippen LogP contribution in [0.15, 0.2) is 0 Å². The molecule has 5 nitrogen and oxygen atoms in total. The lowest BCUT2D eigenvalue weighted by molar-refractivity contribution is 0.597. The Morgan fingerprint density at radius 1 is 1.31 bits per heavy atom. The van der Waals surface area contributed by atoms with Gasteiger partial charge in [-0.1, -0.05) is 0 Å². The van der Waals surface area contributed by atoms with E-state index in [4.69, 9.17) is 17.3 Å². The van der Waals surface area contributed by atoms with Crippen molar-refractivity contribution in [2.45, 2.75) is 12.3 Å². The summed E-state index contributed by atoms with van der Waals surface area (Å²) in [5.41, 5.74) is 5.50. The molecule has 0 atom stereocenters. The second-order valence-electron chi connectivity index (χ2n) is 2.88. The molecule has 1 aromatic heterocycles. The van der Waals surface area contributed by atoms with E-state index in [0.717, 1.165) is 13.1 Å². The van der Waals surface area contributed by atoms with E-state index in [1.54, 1.807) is 0 Å². The van der Waals surface area contributed by atoms with E-state index in [0.29, 0.717) is 11.8 Å². The zero-order valence-corrected chi connectivity index (χ0v) is 7.83. The normalized spacial score (nSPS) is 15.6. The molecule has 70 valence electrons. The lowest BCUT2D eigenvalue weighted by atomic mass is 10.2. The number of hydrogen-bond donors (Lipinski definition) is 1. The van der Waals surface area contributed by atoms with Crippen LogP contribution >= 0.6 is 11.6 Å². The van der Waals surface area contributed by atoms with Gasteiger partial charge in [-0.25, -0.2) is 0 Å². The van der Waals surface area contributed by atoms with Gasteiger partial charge in [0.25, 0.3) is 0 Å². The number of rotatable bonds is 2. The fraction of sp³-hybridized carbons (Fsp3) is 0.571. The molecule has 0 spiro atoms. The van der Waals surface area contributed by atoms with Gasteiger partial charge in [0.2, 0.25) is 11.9 Å². The molecular formula is C7H10ClN5. The van der Waals surface area contributed by atoms with Crippen LogP contribution in [-0.4, -0.2) is 28.0 Å². The molecule has 1 saturated heterocycles. The first kappa shape index (κ1) is 8.50. The topological polar surface area (TPSA) is 67.9 Å². The Labute approximate surface area is 80.9 Å². The van der Waals surface area contributed by atoms with Crippen LogP contribution in [0.5, 0.6) is 0 Å². The fourth-order valence-corrected chi connectivity index (χ4v) is 1.26. The van der Waals surface area contributed by atoms with Gasteiger partial charge < -0.3 is 10.6 Å². The first-order chi connectivity index (χ1) is 6.29. The van der Waals surface area contributed by atoms with Crippen LogP contribution in [0.4, 0.5) is 11.9 Å². The Hall–Kier alpha value is -1.10. The first-order valence-corrected chi connectivity index (χ1v) is 4.64. The highest BCUT2D eigenvalue weighted by Crippen LogP contribution is 2.16. The van der Waals surface area contributed by atoms with Gasteiger partial charge in [0.05, 0.1) is 5.88 Å². The van der Waals surface area contributed by atoms with E-state index >= 15 is 0 Å². The third kappa shape index (κ3) is 1.65. The monoisotopic (exact) mass is 199 g/mol. The van der Waals surface area contributed by atoms with E-state index in [2.05, 4.69) is 15.0 Å². The van der Waals surface area contributed by atoms with Crippen molar-refractivity contribution >= 4 is 23.5 Å². The third-order valence-electron chi connectivity index (χ3n) is 1.95. The van der Waals surface area contributed by atoms with Gasteiger partial charge in [-0.3, -0.25) is 0 Å². The first-order valence-electron chi connectivity index (χ1n) is 4.11. The van der Waals surface area contributed by atoms with E-state index in [1.165, 1.54) is 6.42 Å². The van der Waals surface area contributed by atoms with Crippen LogP contribution in [0.3, 0.4) is 0 Å². The highest BCUT2D eigenvalue weighted by atomic mass is 35.5. The third-order valence-corrected chi connectivity index (χ3v) is 2.18. The minimum Gasteiger partial charge on any atom is -0.368 e. The quantitative estimate of drug-likeness (QED) is 0.699. The van der Waals surface area contributed by atoms with Gasteiger partial charge in [0.1, 0.15) is 0 Å². The molecule has 2 heterocycles. The molecule has 13 heavy (non-hydrogen) atoms. The molecule has 1 aliphatic rings. The van der Waals surface area contributed by atoms with Crippen molar-refractivity contribution in [2.75, 3.05) is 23.7 Å². The molecule has 1 aromatic rings. The van der Waals surface area contributed by atoms with Crippen molar-refractivity contribution in [1.29, 1.82) is 0 Å². The average molecular weight is 200 g/mol. The molecule has 2 N–H and O–H groups in total. The number of nitrogens with zero attached hydrogens (tertiary/aromatic N) is 4. The number of aromatic nitrogens is 3. The Kier molecular flexibility index (Phi) is 2.18. The Balaban J connectivity index is 2.28. The summed E-state index contributed by atoms with van der Waals surface area (Å²) in [6.07, 6.45) is 1.18. The molecule has 0 amide bonds. The Morgan fingerprint density at radius 3 is 2.62 bits per heavy atom. The molecule has 2 rings (SSSR count). The molecule has 0 aromatic carbocycles. The van der Waals surface area contributed by atoms with Crippen LogP contribution in [0, 0.1) is 0 Å². The number of nitrogens with two attached hydrogens (primary N) is 1. The van der Waals surface area contributed by atoms with Crippen molar-refractivity contribution in [1.82, 2.24) is 15.0 Å². The van der Waals surface area contributed by atoms with Crippen molar-refractivity contribution in [3.8, 4) is 0 Å². The fourth-order valence-electron chi connectivity index (χ4n) is 1.14. The van der Waals surface area contributed by atoms with Gasteiger partial charge in [-0.05, 0) is 6.42 Å². The number of anilines is 2. The smallest absolute Gasteiger partial charge is 0.230 e. The highest BCUT2D eigenvalue weighted by molar-refractivity contribution is 6.16. The lowest BCUT2D eigenvalue weighted by Crippen LogP contribution is -2.38. The summed E-state index contributed by atoms with van der Waals surface area (Å²) in [6, 6.07) is 0. The molecule has 0 bridgehead atoms. The average Bonchev–Trinajstić information content (AvgIpc) is 2.00. The van der Waals surface area contributed by atoms with Gasteiger partial charge in [0.15, 0.2) is 5.82 Å². The predicted octanol–water partition coefficient (Wildman–Crippen LogP) is 0.403. The van der Waals surface area contributed by atoms with Crippen molar-refractivity contribution < 1.29 is 0 Å². The molecule has 6 heteroatoms. The lowest BCUT2D eigenvalue weighted by Gasteiger charge is -2.30. The van der Waals surface area contributed by atoms with Crippen molar-refractivity contribution in [3.63, 3.8) is 0 Å². The highest BCUT2D eigenvalue weighted by Gasteiger charge is 2.18. The van der Waals surface area contributed by atoms with Crippen LogP contribution in [-0.2, 0) is 5.88 Å². The summed E-state index contributed by atoms with van der Waals surface area (Å²) in [6.45, 7) is 1.98. The van der Waals surface area contributed by atoms with Crippen LogP contribution in [0.25, 0.3) is 0 Å². The van der Waals surface area contributed by atoms with Crippen LogP contribution in [0.1, 0.15) is 12.2 Å². The van der Waals surface area contributed by atoms with Gasteiger partial charge in [0, 0.05) is 13.1 Å². The Bertz CT molecular complexity index is 312. The maximum absolute atomic E-state index is 5.61. The summed E-state index contributed by atoms with van der Waals surface area (Å²) in [7, 11) is 0. The molecule has 0 radical (unpaired) electrons. The Morgan fingerprint density at radius 2 is 2.08 bits per heavy atom. The van der Waals surface area contributed by atoms with E-state index in [1.807, 2.05) is 4.90 Å². The zero-order chi connectivity index (χ0) is 9.26. The molecule has 0 aliphatic carbocycles. The molecule has 1 fully saturated rings. The maximum Gasteiger partial charge on any atom is 0.230 e. The number of nitrogen functional groups attached to an aromatic ring is 1. The summed E-state index contributed by atoms with van der Waals surface area (Å²) in [5, 5.41) is 0. The second-order valence-corrected chi connectivity index (χ2v) is 3.15. The maximum atomic E-state index is 5.61. The number of halogens is 1. The SMILES string of the molecule is Nc1nc(CCl)nc(N2CCC2)n1.